The molecule has 1 aromatic carbocycles. The first kappa shape index (κ1) is 29.0. The Balaban J connectivity index is 1.76. The number of fused-ring (bicyclic) bond motifs is 1. The highest BCUT2D eigenvalue weighted by Crippen LogP contribution is 2.59. The molecule has 3 unspecified atom stereocenters. The van der Waals surface area contributed by atoms with Crippen LogP contribution >= 0.6 is 0 Å². The molecule has 8 nitrogen and oxygen atoms in total. The number of likely N-dealkylation sites (tertiary alicyclic amines) is 1. The van der Waals surface area contributed by atoms with Gasteiger partial charge in [-0.05, 0) is 44.6 Å². The fourth-order valence-corrected chi connectivity index (χ4v) is 6.86. The van der Waals surface area contributed by atoms with Gasteiger partial charge in [-0.3, -0.25) is 14.4 Å². The molecule has 1 N–H and O–H groups in total. The quantitative estimate of drug-likeness (QED) is 0.222. The summed E-state index contributed by atoms with van der Waals surface area (Å²) in [5, 5.41) is 10.6. The Labute approximate surface area is 231 Å². The first-order valence-corrected chi connectivity index (χ1v) is 14.2. The molecule has 8 heteroatoms. The molecule has 3 heterocycles. The average Bonchev–Trinajstić information content (AvgIpc) is 3.58. The molecule has 0 aromatic heterocycles. The summed E-state index contributed by atoms with van der Waals surface area (Å²) in [6.07, 6.45) is 6.53. The van der Waals surface area contributed by atoms with Crippen LogP contribution in [0.15, 0.2) is 55.6 Å². The maximum Gasteiger partial charge on any atom is 0.312 e. The smallest absolute Gasteiger partial charge is 0.312 e. The summed E-state index contributed by atoms with van der Waals surface area (Å²) in [5.41, 5.74) is -0.200. The standard InChI is InChI=1S/C31H42N2O6/c1-5-8-18-38-30(37)25-24-15-16-31(39-24)26(25)28(35)33(23(20-34)19-22-13-10-9-11-14-22)27(31)29(36)32(17-7-3)21(4)12-6-2/h5,7,9-11,13-14,21,23-27,34H,1,3,6,8,12,15-20H2,2,4H3/t21?,23-,24+,25-,26+,27?,31?/m1/s1. The van der Waals surface area contributed by atoms with Crippen molar-refractivity contribution in [3.8, 4) is 0 Å². The van der Waals surface area contributed by atoms with E-state index >= 15 is 0 Å². The molecular weight excluding hydrogens is 496 g/mol. The molecule has 2 amide bonds. The third-order valence-corrected chi connectivity index (χ3v) is 8.58. The Kier molecular flexibility index (Phi) is 9.28. The number of carbonyl (C=O) groups is 3. The van der Waals surface area contributed by atoms with Gasteiger partial charge in [-0.25, -0.2) is 0 Å². The van der Waals surface area contributed by atoms with Gasteiger partial charge in [-0.2, -0.15) is 0 Å². The van der Waals surface area contributed by atoms with E-state index in [0.717, 1.165) is 18.4 Å². The van der Waals surface area contributed by atoms with E-state index in [9.17, 15) is 19.5 Å². The SMILES string of the molecule is C=CCCOC(=O)[C@@H]1[C@@H]2CCC3(O2)C(C(=O)N(CC=C)C(C)CCC)N([C@@H](CO)Cc2ccccc2)C(=O)[C@H]13. The van der Waals surface area contributed by atoms with E-state index in [1.54, 1.807) is 22.0 Å². The van der Waals surface area contributed by atoms with Gasteiger partial charge >= 0.3 is 5.97 Å². The van der Waals surface area contributed by atoms with E-state index in [1.165, 1.54) is 0 Å². The van der Waals surface area contributed by atoms with Crippen LogP contribution in [0, 0.1) is 11.8 Å². The Morgan fingerprint density at radius 1 is 1.28 bits per heavy atom. The van der Waals surface area contributed by atoms with Crippen LogP contribution in [-0.4, -0.2) is 82.3 Å². The molecule has 3 aliphatic heterocycles. The van der Waals surface area contributed by atoms with Gasteiger partial charge in [-0.15, -0.1) is 13.2 Å². The Morgan fingerprint density at radius 2 is 2.03 bits per heavy atom. The van der Waals surface area contributed by atoms with Crippen molar-refractivity contribution in [1.82, 2.24) is 9.80 Å². The van der Waals surface area contributed by atoms with Gasteiger partial charge in [0.1, 0.15) is 11.6 Å². The van der Waals surface area contributed by atoms with Gasteiger partial charge in [-0.1, -0.05) is 55.8 Å². The molecule has 0 aliphatic carbocycles. The topological polar surface area (TPSA) is 96.4 Å². The fraction of sp³-hybridized carbons (Fsp3) is 0.581. The lowest BCUT2D eigenvalue weighted by atomic mass is 9.70. The van der Waals surface area contributed by atoms with Crippen LogP contribution in [-0.2, 0) is 30.3 Å². The van der Waals surface area contributed by atoms with Crippen LogP contribution < -0.4 is 0 Å². The third-order valence-electron chi connectivity index (χ3n) is 8.58. The number of aliphatic hydroxyl groups excluding tert-OH is 1. The van der Waals surface area contributed by atoms with Crippen molar-refractivity contribution in [2.45, 2.75) is 82.2 Å². The van der Waals surface area contributed by atoms with Gasteiger partial charge in [0.25, 0.3) is 0 Å². The lowest BCUT2D eigenvalue weighted by Gasteiger charge is -2.41. The van der Waals surface area contributed by atoms with Crippen LogP contribution in [0.3, 0.4) is 0 Å². The summed E-state index contributed by atoms with van der Waals surface area (Å²) in [6, 6.07) is 7.92. The van der Waals surface area contributed by atoms with Crippen LogP contribution in [0.2, 0.25) is 0 Å². The van der Waals surface area contributed by atoms with Crippen molar-refractivity contribution in [3.05, 3.63) is 61.2 Å². The molecule has 3 saturated heterocycles. The zero-order chi connectivity index (χ0) is 28.2. The van der Waals surface area contributed by atoms with Gasteiger partial charge < -0.3 is 24.4 Å². The summed E-state index contributed by atoms with van der Waals surface area (Å²) < 4.78 is 12.1. The Hall–Kier alpha value is -2.97. The molecular formula is C31H42N2O6. The lowest BCUT2D eigenvalue weighted by molar-refractivity contribution is -0.156. The second-order valence-corrected chi connectivity index (χ2v) is 11.0. The number of rotatable bonds is 14. The van der Waals surface area contributed by atoms with Crippen molar-refractivity contribution < 1.29 is 29.0 Å². The first-order valence-electron chi connectivity index (χ1n) is 14.2. The molecule has 0 radical (unpaired) electrons. The number of nitrogens with zero attached hydrogens (tertiary/aromatic N) is 2. The van der Waals surface area contributed by atoms with Gasteiger partial charge in [0.15, 0.2) is 0 Å². The number of hydrogen-bond donors (Lipinski definition) is 1. The normalized spacial score (nSPS) is 28.6. The van der Waals surface area contributed by atoms with E-state index in [-0.39, 0.29) is 31.1 Å². The number of aliphatic hydroxyl groups is 1. The van der Waals surface area contributed by atoms with E-state index < -0.39 is 41.6 Å². The van der Waals surface area contributed by atoms with Crippen LogP contribution in [0.4, 0.5) is 0 Å². The van der Waals surface area contributed by atoms with Crippen LogP contribution in [0.25, 0.3) is 0 Å². The first-order chi connectivity index (χ1) is 18.8. The van der Waals surface area contributed by atoms with Crippen molar-refractivity contribution in [1.29, 1.82) is 0 Å². The highest BCUT2D eigenvalue weighted by atomic mass is 16.6. The maximum atomic E-state index is 14.5. The molecule has 7 atom stereocenters. The Morgan fingerprint density at radius 3 is 2.67 bits per heavy atom. The number of benzene rings is 1. The predicted molar refractivity (Wildman–Crippen MR) is 148 cm³/mol. The predicted octanol–water partition coefficient (Wildman–Crippen LogP) is 3.29. The minimum Gasteiger partial charge on any atom is -0.465 e. The van der Waals surface area contributed by atoms with Crippen molar-refractivity contribution in [3.63, 3.8) is 0 Å². The molecule has 3 aliphatic rings. The molecule has 1 aromatic rings. The monoisotopic (exact) mass is 538 g/mol. The summed E-state index contributed by atoms with van der Waals surface area (Å²) in [7, 11) is 0. The van der Waals surface area contributed by atoms with Gasteiger partial charge in [0, 0.05) is 12.6 Å². The largest absolute Gasteiger partial charge is 0.465 e. The fourth-order valence-electron chi connectivity index (χ4n) is 6.86. The average molecular weight is 539 g/mol. The second kappa shape index (κ2) is 12.5. The summed E-state index contributed by atoms with van der Waals surface area (Å²) in [6.45, 7) is 11.8. The third kappa shape index (κ3) is 5.29. The van der Waals surface area contributed by atoms with E-state index in [2.05, 4.69) is 20.1 Å². The summed E-state index contributed by atoms with van der Waals surface area (Å²) in [4.78, 5) is 45.4. The maximum absolute atomic E-state index is 14.5. The zero-order valence-corrected chi connectivity index (χ0v) is 23.2. The molecule has 4 rings (SSSR count). The number of esters is 1. The van der Waals surface area contributed by atoms with Crippen molar-refractivity contribution in [2.24, 2.45) is 11.8 Å². The highest BCUT2D eigenvalue weighted by Gasteiger charge is 2.75. The molecule has 1 spiro atoms. The molecule has 39 heavy (non-hydrogen) atoms. The van der Waals surface area contributed by atoms with E-state index in [1.807, 2.05) is 37.3 Å². The minimum absolute atomic E-state index is 0.0760. The highest BCUT2D eigenvalue weighted by molar-refractivity contribution is 5.98. The number of hydrogen-bond acceptors (Lipinski definition) is 6. The van der Waals surface area contributed by atoms with Gasteiger partial charge in [0.05, 0.1) is 37.2 Å². The van der Waals surface area contributed by atoms with Crippen molar-refractivity contribution in [2.75, 3.05) is 19.8 Å². The zero-order valence-electron chi connectivity index (χ0n) is 23.2. The molecule has 2 bridgehead atoms. The van der Waals surface area contributed by atoms with Crippen LogP contribution in [0.5, 0.6) is 0 Å². The Bertz CT molecular complexity index is 1060. The van der Waals surface area contributed by atoms with Crippen molar-refractivity contribution >= 4 is 17.8 Å². The number of ether oxygens (including phenoxy) is 2. The van der Waals surface area contributed by atoms with Gasteiger partial charge in [0.2, 0.25) is 11.8 Å². The van der Waals surface area contributed by atoms with Crippen LogP contribution in [0.1, 0.15) is 51.5 Å². The minimum atomic E-state index is -1.14. The second-order valence-electron chi connectivity index (χ2n) is 11.0. The van der Waals surface area contributed by atoms with E-state index in [0.29, 0.717) is 32.2 Å². The summed E-state index contributed by atoms with van der Waals surface area (Å²) >= 11 is 0. The lowest BCUT2D eigenvalue weighted by Crippen LogP contribution is -2.60. The summed E-state index contributed by atoms with van der Waals surface area (Å²) in [5.74, 6) is -2.63. The molecule has 3 fully saturated rings. The van der Waals surface area contributed by atoms with E-state index in [4.69, 9.17) is 9.47 Å². The molecule has 0 saturated carbocycles. The number of carbonyl (C=O) groups excluding carboxylic acids is 3. The number of amides is 2. The molecule has 212 valence electrons.